The number of amides is 1. The van der Waals surface area contributed by atoms with Crippen LogP contribution < -0.4 is 10.1 Å². The van der Waals surface area contributed by atoms with Crippen LogP contribution in [0.25, 0.3) is 0 Å². The number of aliphatic hydroxyl groups is 1. The van der Waals surface area contributed by atoms with Gasteiger partial charge in [0, 0.05) is 6.54 Å². The minimum Gasteiger partial charge on any atom is -0.484 e. The Kier molecular flexibility index (Phi) is 6.41. The lowest BCUT2D eigenvalue weighted by atomic mass is 10.1. The zero-order chi connectivity index (χ0) is 14.1. The molecule has 5 heteroatoms. The fourth-order valence-electron chi connectivity index (χ4n) is 1.48. The van der Waals surface area contributed by atoms with Crippen molar-refractivity contribution in [1.82, 2.24) is 5.32 Å². The number of carbonyl (C=O) groups is 1. The summed E-state index contributed by atoms with van der Waals surface area (Å²) in [6, 6.07) is 8.93. The summed E-state index contributed by atoms with van der Waals surface area (Å²) in [6.45, 7) is 2.15. The first-order valence-electron chi connectivity index (χ1n) is 6.21. The summed E-state index contributed by atoms with van der Waals surface area (Å²) < 4.78 is 5.29. The van der Waals surface area contributed by atoms with Gasteiger partial charge in [-0.05, 0) is 24.1 Å². The summed E-state index contributed by atoms with van der Waals surface area (Å²) >= 11 is 0. The predicted molar refractivity (Wildman–Crippen MR) is 70.4 cm³/mol. The normalized spacial score (nSPS) is 11.4. The van der Waals surface area contributed by atoms with Crippen molar-refractivity contribution >= 4 is 5.91 Å². The SMILES string of the molecule is CC[C@H](O)c1ccc(OCC(=O)NCCC#N)cc1. The van der Waals surface area contributed by atoms with Crippen molar-refractivity contribution in [3.63, 3.8) is 0 Å². The fraction of sp³-hybridized carbons (Fsp3) is 0.429. The van der Waals surface area contributed by atoms with Crippen LogP contribution in [-0.2, 0) is 4.79 Å². The first kappa shape index (κ1) is 15.0. The van der Waals surface area contributed by atoms with Crippen LogP contribution in [0.4, 0.5) is 0 Å². The van der Waals surface area contributed by atoms with Gasteiger partial charge >= 0.3 is 0 Å². The Morgan fingerprint density at radius 2 is 2.16 bits per heavy atom. The highest BCUT2D eigenvalue weighted by Gasteiger charge is 2.05. The topological polar surface area (TPSA) is 82.3 Å². The molecule has 0 aliphatic carbocycles. The second-order valence-corrected chi connectivity index (χ2v) is 4.04. The Hall–Kier alpha value is -2.06. The van der Waals surface area contributed by atoms with Crippen LogP contribution in [0.1, 0.15) is 31.4 Å². The van der Waals surface area contributed by atoms with Crippen molar-refractivity contribution in [3.8, 4) is 11.8 Å². The van der Waals surface area contributed by atoms with Gasteiger partial charge in [-0.3, -0.25) is 4.79 Å². The lowest BCUT2D eigenvalue weighted by molar-refractivity contribution is -0.123. The number of hydrogen-bond acceptors (Lipinski definition) is 4. The van der Waals surface area contributed by atoms with E-state index in [0.29, 0.717) is 18.7 Å². The third kappa shape index (κ3) is 5.40. The molecule has 1 atom stereocenters. The highest BCUT2D eigenvalue weighted by Crippen LogP contribution is 2.19. The molecule has 0 saturated heterocycles. The molecule has 0 saturated carbocycles. The van der Waals surface area contributed by atoms with Gasteiger partial charge in [-0.25, -0.2) is 0 Å². The molecule has 1 amide bonds. The Bertz CT molecular complexity index is 437. The van der Waals surface area contributed by atoms with Crippen molar-refractivity contribution in [3.05, 3.63) is 29.8 Å². The molecule has 1 aromatic rings. The Balaban J connectivity index is 2.37. The van der Waals surface area contributed by atoms with Gasteiger partial charge in [0.1, 0.15) is 5.75 Å². The smallest absolute Gasteiger partial charge is 0.257 e. The average molecular weight is 262 g/mol. The lowest BCUT2D eigenvalue weighted by Crippen LogP contribution is -2.29. The molecule has 102 valence electrons. The van der Waals surface area contributed by atoms with Gasteiger partial charge in [-0.2, -0.15) is 5.26 Å². The third-order valence-electron chi connectivity index (χ3n) is 2.58. The monoisotopic (exact) mass is 262 g/mol. The second-order valence-electron chi connectivity index (χ2n) is 4.04. The van der Waals surface area contributed by atoms with E-state index in [2.05, 4.69) is 5.32 Å². The van der Waals surface area contributed by atoms with Gasteiger partial charge in [-0.15, -0.1) is 0 Å². The number of carbonyl (C=O) groups excluding carboxylic acids is 1. The van der Waals surface area contributed by atoms with Gasteiger partial charge in [0.05, 0.1) is 18.6 Å². The molecule has 0 radical (unpaired) electrons. The average Bonchev–Trinajstić information content (AvgIpc) is 2.45. The highest BCUT2D eigenvalue weighted by molar-refractivity contribution is 5.77. The van der Waals surface area contributed by atoms with E-state index in [9.17, 15) is 9.90 Å². The van der Waals surface area contributed by atoms with E-state index in [1.54, 1.807) is 24.3 Å². The van der Waals surface area contributed by atoms with Crippen LogP contribution >= 0.6 is 0 Å². The summed E-state index contributed by atoms with van der Waals surface area (Å²) in [5.74, 6) is 0.315. The van der Waals surface area contributed by atoms with Crippen LogP contribution in [0, 0.1) is 11.3 Å². The van der Waals surface area contributed by atoms with Crippen LogP contribution in [0.15, 0.2) is 24.3 Å². The molecule has 1 aromatic carbocycles. The molecule has 0 aliphatic rings. The van der Waals surface area contributed by atoms with Crippen LogP contribution in [-0.4, -0.2) is 24.2 Å². The molecule has 19 heavy (non-hydrogen) atoms. The molecular weight excluding hydrogens is 244 g/mol. The minimum atomic E-state index is -0.469. The number of hydrogen-bond donors (Lipinski definition) is 2. The van der Waals surface area contributed by atoms with Crippen molar-refractivity contribution in [2.24, 2.45) is 0 Å². The Labute approximate surface area is 112 Å². The van der Waals surface area contributed by atoms with Crippen LogP contribution in [0.3, 0.4) is 0 Å². The van der Waals surface area contributed by atoms with Crippen molar-refractivity contribution in [2.75, 3.05) is 13.2 Å². The molecule has 0 spiro atoms. The standard InChI is InChI=1S/C14H18N2O3/c1-2-13(17)11-4-6-12(7-5-11)19-10-14(18)16-9-3-8-15/h4-7,13,17H,2-3,9-10H2,1H3,(H,16,18)/t13-/m0/s1. The molecule has 0 aromatic heterocycles. The summed E-state index contributed by atoms with van der Waals surface area (Å²) in [7, 11) is 0. The number of rotatable bonds is 7. The van der Waals surface area contributed by atoms with Crippen LogP contribution in [0.2, 0.25) is 0 Å². The van der Waals surface area contributed by atoms with Crippen LogP contribution in [0.5, 0.6) is 5.75 Å². The summed E-state index contributed by atoms with van der Waals surface area (Å²) in [6.07, 6.45) is 0.472. The lowest BCUT2D eigenvalue weighted by Gasteiger charge is -2.10. The van der Waals surface area contributed by atoms with E-state index >= 15 is 0 Å². The van der Waals surface area contributed by atoms with E-state index in [-0.39, 0.29) is 18.9 Å². The van der Waals surface area contributed by atoms with E-state index < -0.39 is 6.10 Å². The quantitative estimate of drug-likeness (QED) is 0.730. The third-order valence-corrected chi connectivity index (χ3v) is 2.58. The van der Waals surface area contributed by atoms with Crippen molar-refractivity contribution in [2.45, 2.75) is 25.9 Å². The molecule has 0 unspecified atom stereocenters. The van der Waals surface area contributed by atoms with E-state index in [0.717, 1.165) is 5.56 Å². The number of nitriles is 1. The number of ether oxygens (including phenoxy) is 1. The van der Waals surface area contributed by atoms with Gasteiger partial charge in [0.2, 0.25) is 0 Å². The Morgan fingerprint density at radius 3 is 2.74 bits per heavy atom. The molecule has 2 N–H and O–H groups in total. The fourth-order valence-corrected chi connectivity index (χ4v) is 1.48. The number of benzene rings is 1. The number of nitrogens with one attached hydrogen (secondary N) is 1. The number of nitrogens with zero attached hydrogens (tertiary/aromatic N) is 1. The van der Waals surface area contributed by atoms with Gasteiger partial charge in [-0.1, -0.05) is 19.1 Å². The van der Waals surface area contributed by atoms with Crippen molar-refractivity contribution in [1.29, 1.82) is 5.26 Å². The highest BCUT2D eigenvalue weighted by atomic mass is 16.5. The maximum atomic E-state index is 11.3. The minimum absolute atomic E-state index is 0.0822. The molecule has 0 aliphatic heterocycles. The van der Waals surface area contributed by atoms with E-state index in [1.807, 2.05) is 13.0 Å². The van der Waals surface area contributed by atoms with E-state index in [1.165, 1.54) is 0 Å². The van der Waals surface area contributed by atoms with Gasteiger partial charge in [0.25, 0.3) is 5.91 Å². The molecular formula is C14H18N2O3. The van der Waals surface area contributed by atoms with Gasteiger partial charge in [0.15, 0.2) is 6.61 Å². The first-order valence-corrected chi connectivity index (χ1v) is 6.21. The summed E-state index contributed by atoms with van der Waals surface area (Å²) in [4.78, 5) is 11.3. The largest absolute Gasteiger partial charge is 0.484 e. The maximum Gasteiger partial charge on any atom is 0.257 e. The number of aliphatic hydroxyl groups excluding tert-OH is 1. The summed E-state index contributed by atoms with van der Waals surface area (Å²) in [5.41, 5.74) is 0.827. The van der Waals surface area contributed by atoms with E-state index in [4.69, 9.17) is 10.00 Å². The zero-order valence-electron chi connectivity index (χ0n) is 10.9. The first-order chi connectivity index (χ1) is 9.17. The molecule has 0 fully saturated rings. The predicted octanol–water partition coefficient (Wildman–Crippen LogP) is 1.54. The summed E-state index contributed by atoms with van der Waals surface area (Å²) in [5, 5.41) is 20.5. The Morgan fingerprint density at radius 1 is 1.47 bits per heavy atom. The maximum absolute atomic E-state index is 11.3. The molecule has 5 nitrogen and oxygen atoms in total. The molecule has 1 rings (SSSR count). The second kappa shape index (κ2) is 8.11. The zero-order valence-corrected chi connectivity index (χ0v) is 10.9. The van der Waals surface area contributed by atoms with Crippen molar-refractivity contribution < 1.29 is 14.6 Å². The van der Waals surface area contributed by atoms with Gasteiger partial charge < -0.3 is 15.2 Å². The molecule has 0 bridgehead atoms. The molecule has 0 heterocycles.